The van der Waals surface area contributed by atoms with E-state index in [0.717, 1.165) is 17.8 Å². The first-order chi connectivity index (χ1) is 9.47. The molecule has 0 saturated carbocycles. The SMILES string of the molecule is CC(NC(=O)c1c[nH]c(=O)cc1O)c1ccc(O)cc1. The van der Waals surface area contributed by atoms with Crippen LogP contribution in [0.2, 0.25) is 0 Å². The number of phenols is 1. The number of amides is 1. The minimum Gasteiger partial charge on any atom is -0.508 e. The molecule has 1 amide bonds. The fourth-order valence-electron chi connectivity index (χ4n) is 1.76. The van der Waals surface area contributed by atoms with Gasteiger partial charge in [-0.05, 0) is 24.6 Å². The molecular formula is C14H14N2O4. The van der Waals surface area contributed by atoms with E-state index in [-0.39, 0.29) is 23.1 Å². The van der Waals surface area contributed by atoms with Gasteiger partial charge in [-0.25, -0.2) is 0 Å². The average molecular weight is 274 g/mol. The highest BCUT2D eigenvalue weighted by molar-refractivity contribution is 5.96. The third-order valence-electron chi connectivity index (χ3n) is 2.89. The van der Waals surface area contributed by atoms with Gasteiger partial charge in [0.1, 0.15) is 11.5 Å². The monoisotopic (exact) mass is 274 g/mol. The van der Waals surface area contributed by atoms with Crippen LogP contribution in [0.25, 0.3) is 0 Å². The number of hydrogen-bond donors (Lipinski definition) is 4. The molecule has 0 radical (unpaired) electrons. The smallest absolute Gasteiger partial charge is 0.257 e. The lowest BCUT2D eigenvalue weighted by atomic mass is 10.1. The van der Waals surface area contributed by atoms with Crippen LogP contribution in [0.4, 0.5) is 0 Å². The number of pyridine rings is 1. The summed E-state index contributed by atoms with van der Waals surface area (Å²) in [5.74, 6) is -0.728. The highest BCUT2D eigenvalue weighted by Crippen LogP contribution is 2.18. The van der Waals surface area contributed by atoms with E-state index in [0.29, 0.717) is 0 Å². The van der Waals surface area contributed by atoms with Crippen molar-refractivity contribution in [3.63, 3.8) is 0 Å². The first kappa shape index (κ1) is 13.7. The molecule has 6 heteroatoms. The number of carbonyl (C=O) groups is 1. The van der Waals surface area contributed by atoms with Gasteiger partial charge < -0.3 is 20.5 Å². The van der Waals surface area contributed by atoms with Gasteiger partial charge in [-0.1, -0.05) is 12.1 Å². The van der Waals surface area contributed by atoms with Gasteiger partial charge in [0, 0.05) is 12.3 Å². The number of rotatable bonds is 3. The maximum Gasteiger partial charge on any atom is 0.257 e. The van der Waals surface area contributed by atoms with Crippen molar-refractivity contribution in [3.05, 3.63) is 58.0 Å². The minimum atomic E-state index is -0.501. The molecule has 104 valence electrons. The van der Waals surface area contributed by atoms with Gasteiger partial charge in [0.2, 0.25) is 0 Å². The molecule has 4 N–H and O–H groups in total. The predicted molar refractivity (Wildman–Crippen MR) is 72.7 cm³/mol. The van der Waals surface area contributed by atoms with E-state index in [1.54, 1.807) is 19.1 Å². The van der Waals surface area contributed by atoms with Gasteiger partial charge in [0.05, 0.1) is 11.6 Å². The summed E-state index contributed by atoms with van der Waals surface area (Å²) in [5.41, 5.74) is 0.320. The Hall–Kier alpha value is -2.76. The lowest BCUT2D eigenvalue weighted by molar-refractivity contribution is 0.0937. The third kappa shape index (κ3) is 2.97. The van der Waals surface area contributed by atoms with Crippen LogP contribution >= 0.6 is 0 Å². The predicted octanol–water partition coefficient (Wildman–Crippen LogP) is 1.28. The van der Waals surface area contributed by atoms with Crippen molar-refractivity contribution in [1.82, 2.24) is 10.3 Å². The van der Waals surface area contributed by atoms with E-state index in [4.69, 9.17) is 0 Å². The molecule has 0 bridgehead atoms. The number of carbonyl (C=O) groups excluding carboxylic acids is 1. The van der Waals surface area contributed by atoms with Crippen LogP contribution in [0.1, 0.15) is 28.9 Å². The lowest BCUT2D eigenvalue weighted by Crippen LogP contribution is -2.27. The minimum absolute atomic E-state index is 0.00442. The summed E-state index contributed by atoms with van der Waals surface area (Å²) in [6, 6.07) is 7.06. The standard InChI is InChI=1S/C14H14N2O4/c1-8(9-2-4-10(17)5-3-9)16-14(20)11-7-15-13(19)6-12(11)18/h2-8,17H,1H3,(H,16,20)(H2,15,18,19). The molecule has 1 atom stereocenters. The van der Waals surface area contributed by atoms with Crippen LogP contribution in [0, 0.1) is 0 Å². The molecule has 0 aliphatic heterocycles. The van der Waals surface area contributed by atoms with Crippen LogP contribution in [-0.2, 0) is 0 Å². The Morgan fingerprint density at radius 1 is 1.25 bits per heavy atom. The second kappa shape index (κ2) is 5.48. The van der Waals surface area contributed by atoms with E-state index in [1.165, 1.54) is 12.1 Å². The number of aromatic nitrogens is 1. The number of nitrogens with one attached hydrogen (secondary N) is 2. The highest BCUT2D eigenvalue weighted by Gasteiger charge is 2.15. The Balaban J connectivity index is 2.14. The summed E-state index contributed by atoms with van der Waals surface area (Å²) in [4.78, 5) is 25.3. The molecule has 1 unspecified atom stereocenters. The molecule has 1 aromatic carbocycles. The molecule has 1 heterocycles. The maximum absolute atomic E-state index is 12.0. The van der Waals surface area contributed by atoms with Gasteiger partial charge in [-0.15, -0.1) is 0 Å². The topological polar surface area (TPSA) is 102 Å². The number of phenolic OH excluding ortho intramolecular Hbond substituents is 1. The fourth-order valence-corrected chi connectivity index (χ4v) is 1.76. The fraction of sp³-hybridized carbons (Fsp3) is 0.143. The second-order valence-corrected chi connectivity index (χ2v) is 4.38. The highest BCUT2D eigenvalue weighted by atomic mass is 16.3. The first-order valence-corrected chi connectivity index (χ1v) is 5.99. The molecule has 0 aliphatic rings. The van der Waals surface area contributed by atoms with E-state index in [1.807, 2.05) is 0 Å². The maximum atomic E-state index is 12.0. The second-order valence-electron chi connectivity index (χ2n) is 4.38. The largest absolute Gasteiger partial charge is 0.508 e. The van der Waals surface area contributed by atoms with E-state index in [2.05, 4.69) is 10.3 Å². The summed E-state index contributed by atoms with van der Waals surface area (Å²) in [6.07, 6.45) is 1.16. The molecule has 0 fully saturated rings. The number of hydrogen-bond acceptors (Lipinski definition) is 4. The van der Waals surface area contributed by atoms with Gasteiger partial charge in [-0.3, -0.25) is 9.59 Å². The van der Waals surface area contributed by atoms with Crippen LogP contribution in [0.15, 0.2) is 41.3 Å². The summed E-state index contributed by atoms with van der Waals surface area (Å²) in [7, 11) is 0. The van der Waals surface area contributed by atoms with Gasteiger partial charge in [0.25, 0.3) is 11.5 Å². The van der Waals surface area contributed by atoms with Gasteiger partial charge in [0.15, 0.2) is 0 Å². The normalized spacial score (nSPS) is 11.8. The zero-order chi connectivity index (χ0) is 14.7. The molecule has 2 aromatic rings. The number of aromatic hydroxyl groups is 2. The Morgan fingerprint density at radius 2 is 1.90 bits per heavy atom. The number of aromatic amines is 1. The Kier molecular flexibility index (Phi) is 3.74. The number of benzene rings is 1. The summed E-state index contributed by atoms with van der Waals surface area (Å²) in [5, 5.41) is 21.5. The average Bonchev–Trinajstić information content (AvgIpc) is 2.39. The molecule has 1 aromatic heterocycles. The lowest BCUT2D eigenvalue weighted by Gasteiger charge is -2.14. The van der Waals surface area contributed by atoms with Crippen molar-refractivity contribution in [3.8, 4) is 11.5 Å². The molecule has 20 heavy (non-hydrogen) atoms. The summed E-state index contributed by atoms with van der Waals surface area (Å²) >= 11 is 0. The van der Waals surface area contributed by atoms with Crippen molar-refractivity contribution in [1.29, 1.82) is 0 Å². The molecule has 2 rings (SSSR count). The van der Waals surface area contributed by atoms with Crippen molar-refractivity contribution < 1.29 is 15.0 Å². The molecule has 0 spiro atoms. The molecule has 0 aliphatic carbocycles. The number of H-pyrrole nitrogens is 1. The first-order valence-electron chi connectivity index (χ1n) is 5.99. The molecule has 0 saturated heterocycles. The van der Waals surface area contributed by atoms with Crippen LogP contribution in [-0.4, -0.2) is 21.1 Å². The van der Waals surface area contributed by atoms with E-state index < -0.39 is 11.5 Å². The molecular weight excluding hydrogens is 260 g/mol. The Morgan fingerprint density at radius 3 is 2.50 bits per heavy atom. The zero-order valence-electron chi connectivity index (χ0n) is 10.8. The van der Waals surface area contributed by atoms with Crippen molar-refractivity contribution in [2.75, 3.05) is 0 Å². The van der Waals surface area contributed by atoms with Crippen molar-refractivity contribution in [2.24, 2.45) is 0 Å². The Labute approximate surface area is 114 Å². The van der Waals surface area contributed by atoms with Crippen LogP contribution in [0.5, 0.6) is 11.5 Å². The summed E-state index contributed by atoms with van der Waals surface area (Å²) in [6.45, 7) is 1.77. The van der Waals surface area contributed by atoms with E-state index in [9.17, 15) is 19.8 Å². The van der Waals surface area contributed by atoms with Crippen LogP contribution in [0.3, 0.4) is 0 Å². The van der Waals surface area contributed by atoms with Gasteiger partial charge in [-0.2, -0.15) is 0 Å². The van der Waals surface area contributed by atoms with Gasteiger partial charge >= 0.3 is 0 Å². The quantitative estimate of drug-likeness (QED) is 0.677. The molecule has 6 nitrogen and oxygen atoms in total. The summed E-state index contributed by atoms with van der Waals surface area (Å²) < 4.78 is 0. The van der Waals surface area contributed by atoms with Crippen LogP contribution < -0.4 is 10.9 Å². The van der Waals surface area contributed by atoms with Crippen molar-refractivity contribution in [2.45, 2.75) is 13.0 Å². The van der Waals surface area contributed by atoms with E-state index >= 15 is 0 Å². The zero-order valence-corrected chi connectivity index (χ0v) is 10.8. The third-order valence-corrected chi connectivity index (χ3v) is 2.89. The Bertz CT molecular complexity index is 676. The van der Waals surface area contributed by atoms with Crippen molar-refractivity contribution >= 4 is 5.91 Å².